The van der Waals surface area contributed by atoms with Crippen molar-refractivity contribution in [2.24, 2.45) is 0 Å². The zero-order valence-electron chi connectivity index (χ0n) is 11.9. The number of nitrogens with zero attached hydrogens (tertiary/aromatic N) is 1. The maximum absolute atomic E-state index is 12.3. The number of carbonyl (C=O) groups is 2. The smallest absolute Gasteiger partial charge is 0.269 e. The Labute approximate surface area is 130 Å². The first-order valence-electron chi connectivity index (χ1n) is 6.83. The van der Waals surface area contributed by atoms with Gasteiger partial charge in [-0.25, -0.2) is 0 Å². The molecule has 0 aromatic heterocycles. The highest BCUT2D eigenvalue weighted by Crippen LogP contribution is 2.40. The van der Waals surface area contributed by atoms with Gasteiger partial charge in [0.2, 0.25) is 0 Å². The average molecular weight is 312 g/mol. The zero-order chi connectivity index (χ0) is 16.6. The lowest BCUT2D eigenvalue weighted by Gasteiger charge is -2.19. The van der Waals surface area contributed by atoms with Gasteiger partial charge in [0.05, 0.1) is 11.3 Å². The van der Waals surface area contributed by atoms with Crippen molar-refractivity contribution >= 4 is 23.1 Å². The summed E-state index contributed by atoms with van der Waals surface area (Å²) in [6.45, 7) is 0. The molecule has 116 valence electrons. The van der Waals surface area contributed by atoms with Crippen molar-refractivity contribution in [3.63, 3.8) is 0 Å². The van der Waals surface area contributed by atoms with Crippen molar-refractivity contribution in [3.05, 3.63) is 69.8 Å². The Morgan fingerprint density at radius 2 is 1.91 bits per heavy atom. The summed E-state index contributed by atoms with van der Waals surface area (Å²) in [6.07, 6.45) is -0.489. The summed E-state index contributed by atoms with van der Waals surface area (Å²) < 4.78 is 0. The van der Waals surface area contributed by atoms with Crippen molar-refractivity contribution in [2.45, 2.75) is 12.0 Å². The van der Waals surface area contributed by atoms with Gasteiger partial charge in [-0.1, -0.05) is 30.3 Å². The Bertz CT molecular complexity index is 818. The summed E-state index contributed by atoms with van der Waals surface area (Å²) in [5.41, 5.74) is -1.71. The standard InChI is InChI=1S/C16H12N2O5/c19-14(10-4-2-1-3-5-10)9-16(21)12-8-11(18(22)23)6-7-13(12)17-15(16)20/h1-8,21H,9H2,(H,17,20). The molecule has 0 spiro atoms. The number of hydrogen-bond donors (Lipinski definition) is 2. The Morgan fingerprint density at radius 1 is 1.22 bits per heavy atom. The molecule has 2 N–H and O–H groups in total. The van der Waals surface area contributed by atoms with Crippen LogP contribution < -0.4 is 5.32 Å². The first-order chi connectivity index (χ1) is 10.9. The molecule has 2 aromatic carbocycles. The van der Waals surface area contributed by atoms with E-state index in [9.17, 15) is 24.8 Å². The van der Waals surface area contributed by atoms with Crippen LogP contribution in [0.15, 0.2) is 48.5 Å². The van der Waals surface area contributed by atoms with Gasteiger partial charge in [0.15, 0.2) is 11.4 Å². The molecule has 0 saturated carbocycles. The fraction of sp³-hybridized carbons (Fsp3) is 0.125. The molecule has 0 fully saturated rings. The average Bonchev–Trinajstić information content (AvgIpc) is 2.79. The van der Waals surface area contributed by atoms with Crippen molar-refractivity contribution in [3.8, 4) is 0 Å². The third kappa shape index (κ3) is 2.47. The molecule has 1 aliphatic heterocycles. The lowest BCUT2D eigenvalue weighted by Crippen LogP contribution is -2.36. The minimum atomic E-state index is -2.12. The number of Topliss-reactive ketones (excluding diaryl/α,β-unsaturated/α-hetero) is 1. The predicted octanol–water partition coefficient (Wildman–Crippen LogP) is 2.01. The molecule has 1 atom stereocenters. The lowest BCUT2D eigenvalue weighted by molar-refractivity contribution is -0.385. The third-order valence-electron chi connectivity index (χ3n) is 3.80. The molecule has 2 aromatic rings. The number of nitro benzene ring substituents is 1. The number of hydrogen-bond acceptors (Lipinski definition) is 5. The molecule has 1 unspecified atom stereocenters. The van der Waals surface area contributed by atoms with Gasteiger partial charge in [-0.2, -0.15) is 0 Å². The summed E-state index contributed by atoms with van der Waals surface area (Å²) in [6, 6.07) is 11.9. The topological polar surface area (TPSA) is 110 Å². The molecule has 0 bridgehead atoms. The number of non-ortho nitro benzene ring substituents is 1. The second-order valence-corrected chi connectivity index (χ2v) is 5.27. The van der Waals surface area contributed by atoms with Crippen molar-refractivity contribution in [1.29, 1.82) is 0 Å². The highest BCUT2D eigenvalue weighted by molar-refractivity contribution is 6.09. The third-order valence-corrected chi connectivity index (χ3v) is 3.80. The van der Waals surface area contributed by atoms with E-state index in [4.69, 9.17) is 0 Å². The van der Waals surface area contributed by atoms with Crippen LogP contribution in [0.25, 0.3) is 0 Å². The van der Waals surface area contributed by atoms with E-state index in [1.165, 1.54) is 12.1 Å². The number of aliphatic hydroxyl groups is 1. The molecular weight excluding hydrogens is 300 g/mol. The van der Waals surface area contributed by atoms with E-state index in [-0.39, 0.29) is 16.9 Å². The highest BCUT2D eigenvalue weighted by Gasteiger charge is 2.47. The highest BCUT2D eigenvalue weighted by atomic mass is 16.6. The monoisotopic (exact) mass is 312 g/mol. The van der Waals surface area contributed by atoms with Crippen LogP contribution in [0.3, 0.4) is 0 Å². The summed E-state index contributed by atoms with van der Waals surface area (Å²) in [4.78, 5) is 34.7. The molecule has 7 nitrogen and oxygen atoms in total. The number of anilines is 1. The number of benzene rings is 2. The van der Waals surface area contributed by atoms with E-state index in [0.717, 1.165) is 6.07 Å². The predicted molar refractivity (Wildman–Crippen MR) is 81.0 cm³/mol. The second-order valence-electron chi connectivity index (χ2n) is 5.27. The number of rotatable bonds is 4. The fourth-order valence-corrected chi connectivity index (χ4v) is 2.58. The number of fused-ring (bicyclic) bond motifs is 1. The van der Waals surface area contributed by atoms with Crippen LogP contribution in [0.2, 0.25) is 0 Å². The second kappa shape index (κ2) is 5.29. The molecule has 1 amide bonds. The van der Waals surface area contributed by atoms with Crippen molar-refractivity contribution in [2.75, 3.05) is 5.32 Å². The van der Waals surface area contributed by atoms with Crippen LogP contribution in [0, 0.1) is 10.1 Å². The summed E-state index contributed by atoms with van der Waals surface area (Å²) >= 11 is 0. The largest absolute Gasteiger partial charge is 0.375 e. The van der Waals surface area contributed by atoms with Crippen LogP contribution in [0.4, 0.5) is 11.4 Å². The van der Waals surface area contributed by atoms with Crippen LogP contribution in [0.1, 0.15) is 22.3 Å². The maximum atomic E-state index is 12.3. The van der Waals surface area contributed by atoms with Crippen LogP contribution >= 0.6 is 0 Å². The van der Waals surface area contributed by atoms with Gasteiger partial charge in [0.1, 0.15) is 0 Å². The molecule has 0 aliphatic carbocycles. The number of amides is 1. The summed E-state index contributed by atoms with van der Waals surface area (Å²) in [5, 5.41) is 24.0. The number of ketones is 1. The van der Waals surface area contributed by atoms with E-state index in [2.05, 4.69) is 5.32 Å². The molecule has 7 heteroatoms. The van der Waals surface area contributed by atoms with E-state index < -0.39 is 28.6 Å². The van der Waals surface area contributed by atoms with E-state index in [0.29, 0.717) is 5.56 Å². The fourth-order valence-electron chi connectivity index (χ4n) is 2.58. The molecular formula is C16H12N2O5. The van der Waals surface area contributed by atoms with Gasteiger partial charge in [-0.05, 0) is 6.07 Å². The Morgan fingerprint density at radius 3 is 2.57 bits per heavy atom. The Balaban J connectivity index is 1.99. The van der Waals surface area contributed by atoms with Gasteiger partial charge in [-0.3, -0.25) is 19.7 Å². The Hall–Kier alpha value is -3.06. The minimum absolute atomic E-state index is 0.0426. The van der Waals surface area contributed by atoms with Crippen molar-refractivity contribution < 1.29 is 19.6 Å². The van der Waals surface area contributed by atoms with Gasteiger partial charge < -0.3 is 10.4 Å². The molecule has 1 heterocycles. The van der Waals surface area contributed by atoms with Crippen LogP contribution in [-0.2, 0) is 10.4 Å². The minimum Gasteiger partial charge on any atom is -0.375 e. The Kier molecular flexibility index (Phi) is 3.42. The van der Waals surface area contributed by atoms with Gasteiger partial charge >= 0.3 is 0 Å². The quantitative estimate of drug-likeness (QED) is 0.510. The summed E-state index contributed by atoms with van der Waals surface area (Å²) in [5.74, 6) is -1.19. The molecule has 1 aliphatic rings. The molecule has 0 radical (unpaired) electrons. The summed E-state index contributed by atoms with van der Waals surface area (Å²) in [7, 11) is 0. The van der Waals surface area contributed by atoms with Crippen LogP contribution in [0.5, 0.6) is 0 Å². The van der Waals surface area contributed by atoms with Crippen LogP contribution in [-0.4, -0.2) is 21.7 Å². The normalized spacial score (nSPS) is 19.1. The molecule has 0 saturated heterocycles. The lowest BCUT2D eigenvalue weighted by atomic mass is 9.88. The molecule has 23 heavy (non-hydrogen) atoms. The number of nitro groups is 1. The first-order valence-corrected chi connectivity index (χ1v) is 6.83. The first kappa shape index (κ1) is 14.9. The molecule has 3 rings (SSSR count). The van der Waals surface area contributed by atoms with E-state index in [1.54, 1.807) is 30.3 Å². The van der Waals surface area contributed by atoms with Gasteiger partial charge in [0, 0.05) is 28.9 Å². The van der Waals surface area contributed by atoms with Gasteiger partial charge in [-0.15, -0.1) is 0 Å². The van der Waals surface area contributed by atoms with E-state index >= 15 is 0 Å². The zero-order valence-corrected chi connectivity index (χ0v) is 11.9. The van der Waals surface area contributed by atoms with Crippen molar-refractivity contribution in [1.82, 2.24) is 0 Å². The van der Waals surface area contributed by atoms with E-state index in [1.807, 2.05) is 0 Å². The van der Waals surface area contributed by atoms with Gasteiger partial charge in [0.25, 0.3) is 11.6 Å². The number of nitrogens with one attached hydrogen (secondary N) is 1. The SMILES string of the molecule is O=C(CC1(O)C(=O)Nc2ccc([N+](=O)[O-])cc21)c1ccccc1. The number of carbonyl (C=O) groups excluding carboxylic acids is 2. The maximum Gasteiger partial charge on any atom is 0.269 e.